The van der Waals surface area contributed by atoms with E-state index in [9.17, 15) is 0 Å². The van der Waals surface area contributed by atoms with Crippen LogP contribution in [0.25, 0.3) is 10.6 Å². The molecule has 0 saturated heterocycles. The molecule has 0 aliphatic heterocycles. The Morgan fingerprint density at radius 2 is 1.94 bits per heavy atom. The van der Waals surface area contributed by atoms with Crippen LogP contribution in [0.3, 0.4) is 0 Å². The van der Waals surface area contributed by atoms with Gasteiger partial charge < -0.3 is 10.1 Å². The monoisotopic (exact) mass is 263 g/mol. The molecule has 1 aromatic heterocycles. The van der Waals surface area contributed by atoms with Crippen molar-refractivity contribution >= 4 is 16.5 Å². The average molecular weight is 263 g/mol. The highest BCUT2D eigenvalue weighted by atomic mass is 32.1. The summed E-state index contributed by atoms with van der Waals surface area (Å²) in [7, 11) is 0. The highest BCUT2D eigenvalue weighted by molar-refractivity contribution is 7.18. The smallest absolute Gasteiger partial charge is 0.206 e. The van der Waals surface area contributed by atoms with Crippen LogP contribution in [0.4, 0.5) is 5.13 Å². The van der Waals surface area contributed by atoms with Crippen LogP contribution in [0.2, 0.25) is 0 Å². The van der Waals surface area contributed by atoms with E-state index in [0.29, 0.717) is 6.61 Å². The Balaban J connectivity index is 2.08. The first-order chi connectivity index (χ1) is 8.83. The molecule has 1 aromatic carbocycles. The lowest BCUT2D eigenvalue weighted by atomic mass is 10.2. The number of nitrogens with zero attached hydrogens (tertiary/aromatic N) is 2. The molecule has 4 nitrogen and oxygen atoms in total. The second-order valence-corrected chi connectivity index (χ2v) is 4.77. The summed E-state index contributed by atoms with van der Waals surface area (Å²) in [6.07, 6.45) is 1.08. The number of ether oxygens (including phenoxy) is 1. The van der Waals surface area contributed by atoms with Crippen LogP contribution in [0.1, 0.15) is 20.3 Å². The van der Waals surface area contributed by atoms with E-state index in [2.05, 4.69) is 22.4 Å². The molecular weight excluding hydrogens is 246 g/mol. The van der Waals surface area contributed by atoms with Gasteiger partial charge in [0.2, 0.25) is 5.13 Å². The minimum absolute atomic E-state index is 0.684. The van der Waals surface area contributed by atoms with Crippen LogP contribution in [0, 0.1) is 0 Å². The molecule has 1 N–H and O–H groups in total. The summed E-state index contributed by atoms with van der Waals surface area (Å²) in [5.74, 6) is 0.884. The molecule has 0 fully saturated rings. The average Bonchev–Trinajstić information content (AvgIpc) is 2.86. The second kappa shape index (κ2) is 6.35. The third kappa shape index (κ3) is 3.20. The van der Waals surface area contributed by atoms with Gasteiger partial charge in [0.05, 0.1) is 6.61 Å². The van der Waals surface area contributed by atoms with Crippen LogP contribution >= 0.6 is 11.3 Å². The Morgan fingerprint density at radius 1 is 1.17 bits per heavy atom. The third-order valence-corrected chi connectivity index (χ3v) is 3.29. The molecular formula is C13H17N3OS. The van der Waals surface area contributed by atoms with Gasteiger partial charge in [-0.15, -0.1) is 10.2 Å². The van der Waals surface area contributed by atoms with Crippen LogP contribution < -0.4 is 10.1 Å². The van der Waals surface area contributed by atoms with Crippen molar-refractivity contribution in [2.24, 2.45) is 0 Å². The fraction of sp³-hybridized carbons (Fsp3) is 0.385. The van der Waals surface area contributed by atoms with Crippen LogP contribution in [0.15, 0.2) is 24.3 Å². The van der Waals surface area contributed by atoms with E-state index in [0.717, 1.165) is 34.4 Å². The van der Waals surface area contributed by atoms with Gasteiger partial charge in [-0.2, -0.15) is 0 Å². The Morgan fingerprint density at radius 3 is 2.61 bits per heavy atom. The van der Waals surface area contributed by atoms with Gasteiger partial charge in [-0.05, 0) is 37.6 Å². The fourth-order valence-corrected chi connectivity index (χ4v) is 2.28. The zero-order chi connectivity index (χ0) is 12.8. The molecule has 5 heteroatoms. The number of benzene rings is 1. The van der Waals surface area contributed by atoms with Crippen LogP contribution in [-0.4, -0.2) is 23.3 Å². The Hall–Kier alpha value is -1.62. The largest absolute Gasteiger partial charge is 0.494 e. The maximum atomic E-state index is 5.41. The van der Waals surface area contributed by atoms with E-state index in [1.807, 2.05) is 31.2 Å². The minimum Gasteiger partial charge on any atom is -0.494 e. The highest BCUT2D eigenvalue weighted by Crippen LogP contribution is 2.27. The van der Waals surface area contributed by atoms with Crippen molar-refractivity contribution in [3.05, 3.63) is 24.3 Å². The van der Waals surface area contributed by atoms with E-state index in [-0.39, 0.29) is 0 Å². The number of hydrogen-bond donors (Lipinski definition) is 1. The number of anilines is 1. The normalized spacial score (nSPS) is 10.3. The van der Waals surface area contributed by atoms with E-state index >= 15 is 0 Å². The lowest BCUT2D eigenvalue weighted by molar-refractivity contribution is 0.340. The molecule has 0 aliphatic rings. The molecule has 0 spiro atoms. The number of nitrogens with one attached hydrogen (secondary N) is 1. The van der Waals surface area contributed by atoms with Gasteiger partial charge in [-0.3, -0.25) is 0 Å². The van der Waals surface area contributed by atoms with E-state index in [4.69, 9.17) is 4.74 Å². The van der Waals surface area contributed by atoms with Gasteiger partial charge in [-0.1, -0.05) is 18.3 Å². The summed E-state index contributed by atoms with van der Waals surface area (Å²) in [5, 5.41) is 13.3. The summed E-state index contributed by atoms with van der Waals surface area (Å²) < 4.78 is 5.41. The molecule has 1 heterocycles. The number of aromatic nitrogens is 2. The SMILES string of the molecule is CCCNc1nnc(-c2ccc(OCC)cc2)s1. The van der Waals surface area contributed by atoms with Gasteiger partial charge in [0.1, 0.15) is 10.8 Å². The summed E-state index contributed by atoms with van der Waals surface area (Å²) in [6, 6.07) is 7.93. The second-order valence-electron chi connectivity index (χ2n) is 3.80. The zero-order valence-electron chi connectivity index (χ0n) is 10.6. The van der Waals surface area contributed by atoms with Crippen molar-refractivity contribution in [2.45, 2.75) is 20.3 Å². The summed E-state index contributed by atoms with van der Waals surface area (Å²) in [5.41, 5.74) is 1.07. The van der Waals surface area contributed by atoms with Gasteiger partial charge in [0.15, 0.2) is 0 Å². The molecule has 0 saturated carbocycles. The first-order valence-corrected chi connectivity index (χ1v) is 6.95. The van der Waals surface area contributed by atoms with Gasteiger partial charge in [0.25, 0.3) is 0 Å². The zero-order valence-corrected chi connectivity index (χ0v) is 11.5. The summed E-state index contributed by atoms with van der Waals surface area (Å²) in [6.45, 7) is 5.72. The minimum atomic E-state index is 0.684. The van der Waals surface area contributed by atoms with Gasteiger partial charge >= 0.3 is 0 Å². The molecule has 18 heavy (non-hydrogen) atoms. The van der Waals surface area contributed by atoms with Crippen molar-refractivity contribution < 1.29 is 4.74 Å². The standard InChI is InChI=1S/C13H17N3OS/c1-3-9-14-13-16-15-12(18-13)10-5-7-11(8-6-10)17-4-2/h5-8H,3-4,9H2,1-2H3,(H,14,16). The molecule has 0 bridgehead atoms. The lowest BCUT2D eigenvalue weighted by Gasteiger charge is -2.02. The van der Waals surface area contributed by atoms with E-state index < -0.39 is 0 Å². The van der Waals surface area contributed by atoms with E-state index in [1.165, 1.54) is 0 Å². The van der Waals surface area contributed by atoms with Crippen molar-refractivity contribution in [2.75, 3.05) is 18.5 Å². The van der Waals surface area contributed by atoms with Crippen molar-refractivity contribution in [1.82, 2.24) is 10.2 Å². The quantitative estimate of drug-likeness (QED) is 0.867. The van der Waals surface area contributed by atoms with Crippen molar-refractivity contribution in [3.8, 4) is 16.3 Å². The number of rotatable bonds is 6. The maximum absolute atomic E-state index is 5.41. The predicted octanol–water partition coefficient (Wildman–Crippen LogP) is 3.43. The molecule has 0 amide bonds. The van der Waals surface area contributed by atoms with Crippen LogP contribution in [0.5, 0.6) is 5.75 Å². The first-order valence-electron chi connectivity index (χ1n) is 6.14. The molecule has 0 radical (unpaired) electrons. The highest BCUT2D eigenvalue weighted by Gasteiger charge is 2.06. The van der Waals surface area contributed by atoms with Crippen molar-refractivity contribution in [3.63, 3.8) is 0 Å². The third-order valence-electron chi connectivity index (χ3n) is 2.36. The topological polar surface area (TPSA) is 47.0 Å². The number of hydrogen-bond acceptors (Lipinski definition) is 5. The molecule has 96 valence electrons. The molecule has 0 unspecified atom stereocenters. The van der Waals surface area contributed by atoms with Gasteiger partial charge in [-0.25, -0.2) is 0 Å². The maximum Gasteiger partial charge on any atom is 0.206 e. The first kappa shape index (κ1) is 12.8. The predicted molar refractivity (Wildman–Crippen MR) is 75.3 cm³/mol. The molecule has 0 atom stereocenters. The summed E-state index contributed by atoms with van der Waals surface area (Å²) in [4.78, 5) is 0. The lowest BCUT2D eigenvalue weighted by Crippen LogP contribution is -1.98. The Labute approximate surface area is 111 Å². The van der Waals surface area contributed by atoms with Crippen molar-refractivity contribution in [1.29, 1.82) is 0 Å². The van der Waals surface area contributed by atoms with E-state index in [1.54, 1.807) is 11.3 Å². The summed E-state index contributed by atoms with van der Waals surface area (Å²) >= 11 is 1.57. The molecule has 2 aromatic rings. The van der Waals surface area contributed by atoms with Crippen LogP contribution in [-0.2, 0) is 0 Å². The molecule has 0 aliphatic carbocycles. The van der Waals surface area contributed by atoms with Gasteiger partial charge in [0, 0.05) is 12.1 Å². The Kier molecular flexibility index (Phi) is 4.52. The molecule has 2 rings (SSSR count). The Bertz CT molecular complexity index is 481. The fourth-order valence-electron chi connectivity index (χ4n) is 1.50.